The van der Waals surface area contributed by atoms with E-state index in [1.165, 1.54) is 12.0 Å². The van der Waals surface area contributed by atoms with Gasteiger partial charge in [-0.3, -0.25) is 4.90 Å². The van der Waals surface area contributed by atoms with Crippen molar-refractivity contribution in [1.29, 1.82) is 0 Å². The van der Waals surface area contributed by atoms with Crippen molar-refractivity contribution >= 4 is 0 Å². The largest absolute Gasteiger partial charge is 0.491 e. The zero-order valence-electron chi connectivity index (χ0n) is 14.1. The second-order valence-electron chi connectivity index (χ2n) is 7.35. The number of benzene rings is 1. The molecule has 1 aromatic rings. The van der Waals surface area contributed by atoms with Crippen molar-refractivity contribution in [2.75, 3.05) is 6.54 Å². The smallest absolute Gasteiger partial charge is 0.119 e. The Labute approximate surface area is 129 Å². The highest BCUT2D eigenvalue weighted by Crippen LogP contribution is 2.36. The monoisotopic (exact) mass is 290 g/mol. The van der Waals surface area contributed by atoms with E-state index in [1.54, 1.807) is 0 Å². The molecule has 1 aliphatic rings. The van der Waals surface area contributed by atoms with Crippen LogP contribution >= 0.6 is 0 Å². The van der Waals surface area contributed by atoms with Crippen molar-refractivity contribution in [1.82, 2.24) is 4.90 Å². The number of hydrogen-bond donors (Lipinski definition) is 1. The van der Waals surface area contributed by atoms with Crippen LogP contribution in [0.3, 0.4) is 0 Å². The lowest BCUT2D eigenvalue weighted by Crippen LogP contribution is -2.53. The maximum Gasteiger partial charge on any atom is 0.119 e. The summed E-state index contributed by atoms with van der Waals surface area (Å²) in [6, 6.07) is 8.98. The van der Waals surface area contributed by atoms with Crippen molar-refractivity contribution in [2.24, 2.45) is 5.73 Å². The van der Waals surface area contributed by atoms with Crippen LogP contribution in [-0.4, -0.2) is 29.1 Å². The molecular formula is C18H30N2O. The molecule has 2 N–H and O–H groups in total. The summed E-state index contributed by atoms with van der Waals surface area (Å²) in [6.45, 7) is 12.0. The molecule has 2 rings (SSSR count). The normalized spacial score (nSPS) is 24.3. The summed E-state index contributed by atoms with van der Waals surface area (Å²) in [7, 11) is 0. The predicted octanol–water partition coefficient (Wildman–Crippen LogP) is 3.74. The maximum atomic E-state index is 6.44. The van der Waals surface area contributed by atoms with Gasteiger partial charge in [0, 0.05) is 11.6 Å². The molecule has 3 heteroatoms. The summed E-state index contributed by atoms with van der Waals surface area (Å²) in [4.78, 5) is 2.54. The maximum absolute atomic E-state index is 6.44. The van der Waals surface area contributed by atoms with E-state index >= 15 is 0 Å². The molecule has 118 valence electrons. The van der Waals surface area contributed by atoms with Gasteiger partial charge in [0.1, 0.15) is 5.75 Å². The standard InChI is InChI=1S/C18H30N2O/c1-13(2)21-15-10-8-14(9-11-15)17-16(19)7-6-12-20(17)18(3,4)5/h8-11,13,16-17H,6-7,12,19H2,1-5H3. The van der Waals surface area contributed by atoms with Gasteiger partial charge < -0.3 is 10.5 Å². The number of likely N-dealkylation sites (tertiary alicyclic amines) is 1. The van der Waals surface area contributed by atoms with Crippen LogP contribution in [0.15, 0.2) is 24.3 Å². The topological polar surface area (TPSA) is 38.5 Å². The molecule has 2 atom stereocenters. The van der Waals surface area contributed by atoms with Crippen LogP contribution in [0.4, 0.5) is 0 Å². The SMILES string of the molecule is CC(C)Oc1ccc(C2C(N)CCCN2C(C)(C)C)cc1. The van der Waals surface area contributed by atoms with Crippen molar-refractivity contribution in [3.05, 3.63) is 29.8 Å². The van der Waals surface area contributed by atoms with E-state index in [0.717, 1.165) is 18.7 Å². The Morgan fingerprint density at radius 2 is 1.81 bits per heavy atom. The van der Waals surface area contributed by atoms with Gasteiger partial charge in [0.25, 0.3) is 0 Å². The first-order chi connectivity index (χ1) is 9.79. The van der Waals surface area contributed by atoms with Crippen molar-refractivity contribution in [3.63, 3.8) is 0 Å². The van der Waals surface area contributed by atoms with Crippen LogP contribution in [0.5, 0.6) is 5.75 Å². The second kappa shape index (κ2) is 6.37. The number of nitrogens with zero attached hydrogens (tertiary/aromatic N) is 1. The Morgan fingerprint density at radius 1 is 1.19 bits per heavy atom. The van der Waals surface area contributed by atoms with E-state index in [0.29, 0.717) is 6.04 Å². The first-order valence-electron chi connectivity index (χ1n) is 8.08. The highest BCUT2D eigenvalue weighted by Gasteiger charge is 2.36. The van der Waals surface area contributed by atoms with Crippen molar-refractivity contribution in [2.45, 2.75) is 71.2 Å². The van der Waals surface area contributed by atoms with E-state index in [4.69, 9.17) is 10.5 Å². The van der Waals surface area contributed by atoms with Crippen molar-refractivity contribution < 1.29 is 4.74 Å². The average Bonchev–Trinajstić information content (AvgIpc) is 2.38. The third-order valence-corrected chi connectivity index (χ3v) is 4.13. The van der Waals surface area contributed by atoms with Crippen LogP contribution in [0.25, 0.3) is 0 Å². The minimum Gasteiger partial charge on any atom is -0.491 e. The summed E-state index contributed by atoms with van der Waals surface area (Å²) in [5.41, 5.74) is 7.88. The first-order valence-corrected chi connectivity index (χ1v) is 8.08. The molecule has 1 heterocycles. The van der Waals surface area contributed by atoms with E-state index in [9.17, 15) is 0 Å². The fourth-order valence-corrected chi connectivity index (χ4v) is 3.22. The Balaban J connectivity index is 2.24. The van der Waals surface area contributed by atoms with Crippen molar-refractivity contribution in [3.8, 4) is 5.75 Å². The summed E-state index contributed by atoms with van der Waals surface area (Å²) in [5, 5.41) is 0. The Bertz CT molecular complexity index is 447. The zero-order valence-corrected chi connectivity index (χ0v) is 14.1. The predicted molar refractivity (Wildman–Crippen MR) is 88.6 cm³/mol. The molecule has 2 unspecified atom stereocenters. The molecule has 3 nitrogen and oxygen atoms in total. The summed E-state index contributed by atoms with van der Waals surface area (Å²) in [5.74, 6) is 0.931. The van der Waals surface area contributed by atoms with Crippen LogP contribution in [0, 0.1) is 0 Å². The van der Waals surface area contributed by atoms with E-state index in [2.05, 4.69) is 49.9 Å². The van der Waals surface area contributed by atoms with Crippen LogP contribution in [0.2, 0.25) is 0 Å². The highest BCUT2D eigenvalue weighted by atomic mass is 16.5. The Hall–Kier alpha value is -1.06. The van der Waals surface area contributed by atoms with Gasteiger partial charge in [0.05, 0.1) is 12.1 Å². The molecule has 21 heavy (non-hydrogen) atoms. The molecule has 0 bridgehead atoms. The molecule has 1 fully saturated rings. The van der Waals surface area contributed by atoms with Gasteiger partial charge in [-0.05, 0) is 71.7 Å². The number of ether oxygens (including phenoxy) is 1. The van der Waals surface area contributed by atoms with Gasteiger partial charge in [-0.15, -0.1) is 0 Å². The number of nitrogens with two attached hydrogens (primary N) is 1. The first kappa shape index (κ1) is 16.3. The van der Waals surface area contributed by atoms with Gasteiger partial charge in [-0.2, -0.15) is 0 Å². The minimum atomic E-state index is 0.135. The van der Waals surface area contributed by atoms with Gasteiger partial charge in [-0.1, -0.05) is 12.1 Å². The Morgan fingerprint density at radius 3 is 2.33 bits per heavy atom. The molecule has 0 aromatic heterocycles. The molecule has 0 saturated carbocycles. The summed E-state index contributed by atoms with van der Waals surface area (Å²) in [6.07, 6.45) is 2.49. The molecule has 0 radical (unpaired) electrons. The van der Waals surface area contributed by atoms with Gasteiger partial charge in [0.2, 0.25) is 0 Å². The molecular weight excluding hydrogens is 260 g/mol. The minimum absolute atomic E-state index is 0.135. The number of piperidine rings is 1. The molecule has 1 aromatic carbocycles. The van der Waals surface area contributed by atoms with Gasteiger partial charge >= 0.3 is 0 Å². The summed E-state index contributed by atoms with van der Waals surface area (Å²) < 4.78 is 5.73. The van der Waals surface area contributed by atoms with Crippen LogP contribution in [0.1, 0.15) is 59.1 Å². The third-order valence-electron chi connectivity index (χ3n) is 4.13. The van der Waals surface area contributed by atoms with E-state index < -0.39 is 0 Å². The van der Waals surface area contributed by atoms with Crippen LogP contribution < -0.4 is 10.5 Å². The quantitative estimate of drug-likeness (QED) is 0.921. The fraction of sp³-hybridized carbons (Fsp3) is 0.667. The molecule has 1 saturated heterocycles. The number of hydrogen-bond acceptors (Lipinski definition) is 3. The summed E-state index contributed by atoms with van der Waals surface area (Å²) >= 11 is 0. The average molecular weight is 290 g/mol. The third kappa shape index (κ3) is 3.98. The van der Waals surface area contributed by atoms with Crippen LogP contribution in [-0.2, 0) is 0 Å². The van der Waals surface area contributed by atoms with Gasteiger partial charge in [0.15, 0.2) is 0 Å². The lowest BCUT2D eigenvalue weighted by Gasteiger charge is -2.47. The van der Waals surface area contributed by atoms with E-state index in [-0.39, 0.29) is 17.7 Å². The molecule has 0 amide bonds. The lowest BCUT2D eigenvalue weighted by molar-refractivity contribution is 0.0384. The zero-order chi connectivity index (χ0) is 15.6. The second-order valence-corrected chi connectivity index (χ2v) is 7.35. The van der Waals surface area contributed by atoms with E-state index in [1.807, 2.05) is 13.8 Å². The molecule has 0 aliphatic carbocycles. The lowest BCUT2D eigenvalue weighted by atomic mass is 9.87. The number of rotatable bonds is 3. The highest BCUT2D eigenvalue weighted by molar-refractivity contribution is 5.30. The Kier molecular flexibility index (Phi) is 4.95. The molecule has 0 spiro atoms. The van der Waals surface area contributed by atoms with Gasteiger partial charge in [-0.25, -0.2) is 0 Å². The molecule has 1 aliphatic heterocycles. The fourth-order valence-electron chi connectivity index (χ4n) is 3.22.